The van der Waals surface area contributed by atoms with Crippen molar-refractivity contribution in [3.8, 4) is 17.2 Å². The normalized spacial score (nSPS) is 21.5. The summed E-state index contributed by atoms with van der Waals surface area (Å²) in [6.07, 6.45) is 4.20. The Morgan fingerprint density at radius 3 is 2.53 bits per heavy atom. The average Bonchev–Trinajstić information content (AvgIpc) is 3.34. The van der Waals surface area contributed by atoms with Crippen molar-refractivity contribution < 1.29 is 19.0 Å². The van der Waals surface area contributed by atoms with Crippen LogP contribution in [-0.2, 0) is 4.79 Å². The molecule has 1 amide bonds. The zero-order valence-corrected chi connectivity index (χ0v) is 18.6. The Bertz CT molecular complexity index is 911. The van der Waals surface area contributed by atoms with E-state index in [1.165, 1.54) is 0 Å². The summed E-state index contributed by atoms with van der Waals surface area (Å²) in [6, 6.07) is 16.3. The lowest BCUT2D eigenvalue weighted by atomic mass is 9.97. The van der Waals surface area contributed by atoms with E-state index < -0.39 is 0 Å². The molecule has 6 nitrogen and oxygen atoms in total. The summed E-state index contributed by atoms with van der Waals surface area (Å²) in [7, 11) is 0. The molecule has 0 radical (unpaired) electrons. The number of hydrogen-bond donors (Lipinski definition) is 0. The van der Waals surface area contributed by atoms with Gasteiger partial charge in [0.2, 0.25) is 5.91 Å². The van der Waals surface area contributed by atoms with Gasteiger partial charge in [0.1, 0.15) is 19.0 Å². The maximum Gasteiger partial charge on any atom is 0.237 e. The molecule has 0 aromatic heterocycles. The highest BCUT2D eigenvalue weighted by atomic mass is 16.6. The SMILES string of the molecule is O=C(CN1CCC(COc2ccccc2)CC1)N1CCCC1c1ccc2c(c1)OCCO2. The Hall–Kier alpha value is -2.73. The van der Waals surface area contributed by atoms with Crippen LogP contribution >= 0.6 is 0 Å². The van der Waals surface area contributed by atoms with Crippen LogP contribution in [0.4, 0.5) is 0 Å². The van der Waals surface area contributed by atoms with Crippen molar-refractivity contribution in [2.24, 2.45) is 5.92 Å². The molecule has 1 unspecified atom stereocenters. The fourth-order valence-electron chi connectivity index (χ4n) is 5.00. The van der Waals surface area contributed by atoms with Crippen LogP contribution in [-0.4, -0.2) is 61.7 Å². The topological polar surface area (TPSA) is 51.2 Å². The van der Waals surface area contributed by atoms with Gasteiger partial charge in [0.25, 0.3) is 0 Å². The largest absolute Gasteiger partial charge is 0.493 e. The Morgan fingerprint density at radius 2 is 1.72 bits per heavy atom. The number of nitrogens with zero attached hydrogens (tertiary/aromatic N) is 2. The molecule has 5 rings (SSSR count). The highest BCUT2D eigenvalue weighted by Gasteiger charge is 2.32. The molecule has 0 N–H and O–H groups in total. The summed E-state index contributed by atoms with van der Waals surface area (Å²) in [5.41, 5.74) is 1.15. The molecule has 0 saturated carbocycles. The number of benzene rings is 2. The van der Waals surface area contributed by atoms with E-state index in [1.807, 2.05) is 36.4 Å². The predicted molar refractivity (Wildman–Crippen MR) is 122 cm³/mol. The van der Waals surface area contributed by atoms with Crippen LogP contribution in [0, 0.1) is 5.92 Å². The maximum absolute atomic E-state index is 13.2. The highest BCUT2D eigenvalue weighted by molar-refractivity contribution is 5.79. The van der Waals surface area contributed by atoms with Crippen molar-refractivity contribution in [1.82, 2.24) is 9.80 Å². The van der Waals surface area contributed by atoms with Gasteiger partial charge >= 0.3 is 0 Å². The maximum atomic E-state index is 13.2. The van der Waals surface area contributed by atoms with Crippen LogP contribution in [0.1, 0.15) is 37.3 Å². The molecule has 2 saturated heterocycles. The van der Waals surface area contributed by atoms with Gasteiger partial charge in [-0.3, -0.25) is 9.69 Å². The third kappa shape index (κ3) is 4.85. The summed E-state index contributed by atoms with van der Waals surface area (Å²) in [4.78, 5) is 17.6. The van der Waals surface area contributed by atoms with Crippen LogP contribution in [0.3, 0.4) is 0 Å². The third-order valence-electron chi connectivity index (χ3n) is 6.82. The molecule has 32 heavy (non-hydrogen) atoms. The van der Waals surface area contributed by atoms with E-state index in [-0.39, 0.29) is 11.9 Å². The van der Waals surface area contributed by atoms with Crippen molar-refractivity contribution in [2.45, 2.75) is 31.7 Å². The molecule has 2 fully saturated rings. The molecule has 3 heterocycles. The summed E-state index contributed by atoms with van der Waals surface area (Å²) < 4.78 is 17.3. The lowest BCUT2D eigenvalue weighted by molar-refractivity contribution is -0.133. The van der Waals surface area contributed by atoms with Crippen molar-refractivity contribution in [3.05, 3.63) is 54.1 Å². The first kappa shape index (κ1) is 21.1. The number of piperidine rings is 1. The minimum absolute atomic E-state index is 0.134. The van der Waals surface area contributed by atoms with Gasteiger partial charge in [-0.25, -0.2) is 0 Å². The average molecular weight is 437 g/mol. The van der Waals surface area contributed by atoms with Crippen molar-refractivity contribution in [3.63, 3.8) is 0 Å². The molecule has 6 heteroatoms. The van der Waals surface area contributed by atoms with E-state index in [4.69, 9.17) is 14.2 Å². The molecule has 2 aromatic rings. The predicted octanol–water partition coefficient (Wildman–Crippen LogP) is 3.91. The number of fused-ring (bicyclic) bond motifs is 1. The lowest BCUT2D eigenvalue weighted by Gasteiger charge is -2.33. The van der Waals surface area contributed by atoms with E-state index in [0.29, 0.717) is 25.7 Å². The number of likely N-dealkylation sites (tertiary alicyclic amines) is 2. The van der Waals surface area contributed by atoms with Crippen LogP contribution in [0.5, 0.6) is 17.2 Å². The number of carbonyl (C=O) groups excluding carboxylic acids is 1. The Morgan fingerprint density at radius 1 is 0.938 bits per heavy atom. The van der Waals surface area contributed by atoms with E-state index in [9.17, 15) is 4.79 Å². The van der Waals surface area contributed by atoms with Crippen LogP contribution < -0.4 is 14.2 Å². The van der Waals surface area contributed by atoms with Crippen LogP contribution in [0.2, 0.25) is 0 Å². The zero-order chi connectivity index (χ0) is 21.8. The summed E-state index contributed by atoms with van der Waals surface area (Å²) in [6.45, 7) is 5.18. The minimum Gasteiger partial charge on any atom is -0.493 e. The van der Waals surface area contributed by atoms with Crippen molar-refractivity contribution in [1.29, 1.82) is 0 Å². The highest BCUT2D eigenvalue weighted by Crippen LogP contribution is 2.38. The summed E-state index contributed by atoms with van der Waals surface area (Å²) in [5.74, 6) is 3.33. The van der Waals surface area contributed by atoms with E-state index in [1.54, 1.807) is 0 Å². The number of amides is 1. The lowest BCUT2D eigenvalue weighted by Crippen LogP contribution is -2.43. The first-order valence-corrected chi connectivity index (χ1v) is 11.9. The van der Waals surface area contributed by atoms with Crippen LogP contribution in [0.15, 0.2) is 48.5 Å². The van der Waals surface area contributed by atoms with Gasteiger partial charge in [-0.05, 0) is 74.5 Å². The number of rotatable bonds is 6. The Balaban J connectivity index is 1.12. The number of hydrogen-bond acceptors (Lipinski definition) is 5. The van der Waals surface area contributed by atoms with Gasteiger partial charge in [-0.15, -0.1) is 0 Å². The smallest absolute Gasteiger partial charge is 0.237 e. The Kier molecular flexibility index (Phi) is 6.49. The Labute approximate surface area is 190 Å². The molecular formula is C26H32N2O4. The second-order valence-corrected chi connectivity index (χ2v) is 8.99. The minimum atomic E-state index is 0.134. The van der Waals surface area contributed by atoms with E-state index in [2.05, 4.69) is 21.9 Å². The van der Waals surface area contributed by atoms with E-state index >= 15 is 0 Å². The second-order valence-electron chi connectivity index (χ2n) is 8.99. The fraction of sp³-hybridized carbons (Fsp3) is 0.500. The van der Waals surface area contributed by atoms with E-state index in [0.717, 1.165) is 74.7 Å². The molecule has 3 aliphatic heterocycles. The number of carbonyl (C=O) groups is 1. The van der Waals surface area contributed by atoms with Gasteiger partial charge < -0.3 is 19.1 Å². The summed E-state index contributed by atoms with van der Waals surface area (Å²) in [5, 5.41) is 0. The monoisotopic (exact) mass is 436 g/mol. The third-order valence-corrected chi connectivity index (χ3v) is 6.82. The quantitative estimate of drug-likeness (QED) is 0.687. The molecular weight excluding hydrogens is 404 g/mol. The van der Waals surface area contributed by atoms with Gasteiger partial charge in [-0.1, -0.05) is 24.3 Å². The number of ether oxygens (including phenoxy) is 3. The second kappa shape index (κ2) is 9.82. The molecule has 1 atom stereocenters. The molecule has 0 bridgehead atoms. The van der Waals surface area contributed by atoms with Gasteiger partial charge in [-0.2, -0.15) is 0 Å². The summed E-state index contributed by atoms with van der Waals surface area (Å²) >= 11 is 0. The zero-order valence-electron chi connectivity index (χ0n) is 18.6. The standard InChI is InChI=1S/C26H32N2O4/c29-26(18-27-13-10-20(11-14-27)19-32-22-5-2-1-3-6-22)28-12-4-7-23(28)21-8-9-24-25(17-21)31-16-15-30-24/h1-3,5-6,8-9,17,20,23H,4,7,10-16,18-19H2. The molecule has 3 aliphatic rings. The van der Waals surface area contributed by atoms with Gasteiger partial charge in [0.15, 0.2) is 11.5 Å². The molecule has 2 aromatic carbocycles. The van der Waals surface area contributed by atoms with Gasteiger partial charge in [0, 0.05) is 6.54 Å². The molecule has 0 spiro atoms. The fourth-order valence-corrected chi connectivity index (χ4v) is 5.00. The molecule has 170 valence electrons. The first-order chi connectivity index (χ1) is 15.8. The van der Waals surface area contributed by atoms with Crippen molar-refractivity contribution >= 4 is 5.91 Å². The van der Waals surface area contributed by atoms with Gasteiger partial charge in [0.05, 0.1) is 19.2 Å². The molecule has 0 aliphatic carbocycles. The van der Waals surface area contributed by atoms with Crippen LogP contribution in [0.25, 0.3) is 0 Å². The van der Waals surface area contributed by atoms with Crippen molar-refractivity contribution in [2.75, 3.05) is 46.0 Å². The number of para-hydroxylation sites is 1. The first-order valence-electron chi connectivity index (χ1n) is 11.9.